The Morgan fingerprint density at radius 3 is 1.66 bits per heavy atom. The van der Waals surface area contributed by atoms with Crippen LogP contribution in [0.15, 0.2) is 71.3 Å². The quantitative estimate of drug-likeness (QED) is 0.260. The molecule has 0 N–H and O–H groups in total. The molecular weight excluding hydrogens is 363 g/mol. The summed E-state index contributed by atoms with van der Waals surface area (Å²) in [5.41, 5.74) is 1.77. The molecule has 156 valence electrons. The van der Waals surface area contributed by atoms with Crippen LogP contribution in [-0.4, -0.2) is 14.8 Å². The smallest absolute Gasteiger partial charge is 0.105 e. The molecule has 0 saturated carbocycles. The first kappa shape index (κ1) is 23.7. The van der Waals surface area contributed by atoms with Gasteiger partial charge in [0.05, 0.1) is 0 Å². The summed E-state index contributed by atoms with van der Waals surface area (Å²) in [6.45, 7) is 12.8. The van der Waals surface area contributed by atoms with Crippen LogP contribution in [0.25, 0.3) is 0 Å². The second-order valence-electron chi connectivity index (χ2n) is 8.54. The average Bonchev–Trinajstić information content (AvgIpc) is 2.79. The van der Waals surface area contributed by atoms with Crippen molar-refractivity contribution in [2.75, 3.05) is 0 Å². The SMILES string of the molecule is CCCCCC/C(=C(\CC)B(CC)CC)[Si](C)(c1ccccc1)c1ccccc1. The van der Waals surface area contributed by atoms with Crippen molar-refractivity contribution in [3.05, 3.63) is 71.3 Å². The van der Waals surface area contributed by atoms with Gasteiger partial charge in [-0.15, -0.1) is 5.47 Å². The fraction of sp³-hybridized carbons (Fsp3) is 0.481. The first-order valence-corrected chi connectivity index (χ1v) is 14.5. The first-order chi connectivity index (χ1) is 14.1. The largest absolute Gasteiger partial charge is 0.169 e. The van der Waals surface area contributed by atoms with Crippen molar-refractivity contribution in [2.24, 2.45) is 0 Å². The van der Waals surface area contributed by atoms with Gasteiger partial charge in [0.1, 0.15) is 8.07 Å². The van der Waals surface area contributed by atoms with E-state index in [0.29, 0.717) is 0 Å². The third-order valence-electron chi connectivity index (χ3n) is 6.83. The molecule has 0 radical (unpaired) electrons. The molecule has 0 aliphatic carbocycles. The highest BCUT2D eigenvalue weighted by Crippen LogP contribution is 2.30. The summed E-state index contributed by atoms with van der Waals surface area (Å²) in [5, 5.41) is 4.95. The number of rotatable bonds is 12. The van der Waals surface area contributed by atoms with Gasteiger partial charge in [-0.25, -0.2) is 0 Å². The molecule has 2 aromatic rings. The average molecular weight is 405 g/mol. The summed E-state index contributed by atoms with van der Waals surface area (Å²) < 4.78 is 0. The second-order valence-corrected chi connectivity index (χ2v) is 12.5. The van der Waals surface area contributed by atoms with E-state index in [-0.39, 0.29) is 0 Å². The van der Waals surface area contributed by atoms with Gasteiger partial charge in [0.2, 0.25) is 0 Å². The van der Waals surface area contributed by atoms with Gasteiger partial charge in [-0.1, -0.05) is 132 Å². The number of hydrogen-bond donors (Lipinski definition) is 0. The minimum absolute atomic E-state index is 0.723. The Hall–Kier alpha value is -1.54. The van der Waals surface area contributed by atoms with E-state index < -0.39 is 8.07 Å². The number of benzene rings is 2. The van der Waals surface area contributed by atoms with E-state index in [1.807, 2.05) is 5.20 Å². The fourth-order valence-electron chi connectivity index (χ4n) is 5.05. The van der Waals surface area contributed by atoms with Gasteiger partial charge in [0.15, 0.2) is 6.71 Å². The molecule has 0 aromatic heterocycles. The van der Waals surface area contributed by atoms with Crippen LogP contribution in [0.5, 0.6) is 0 Å². The van der Waals surface area contributed by atoms with Crippen LogP contribution >= 0.6 is 0 Å². The van der Waals surface area contributed by atoms with E-state index in [2.05, 4.69) is 94.9 Å². The van der Waals surface area contributed by atoms with Crippen molar-refractivity contribution < 1.29 is 0 Å². The van der Waals surface area contributed by atoms with Crippen LogP contribution in [-0.2, 0) is 0 Å². The molecule has 0 aliphatic heterocycles. The van der Waals surface area contributed by atoms with Crippen molar-refractivity contribution in [3.63, 3.8) is 0 Å². The summed E-state index contributed by atoms with van der Waals surface area (Å²) in [6.07, 6.45) is 10.3. The van der Waals surface area contributed by atoms with Gasteiger partial charge in [-0.2, -0.15) is 0 Å². The Morgan fingerprint density at radius 1 is 0.724 bits per heavy atom. The van der Waals surface area contributed by atoms with Gasteiger partial charge < -0.3 is 0 Å². The van der Waals surface area contributed by atoms with Gasteiger partial charge in [-0.3, -0.25) is 0 Å². The molecule has 0 bridgehead atoms. The molecule has 2 rings (SSSR count). The Balaban J connectivity index is 2.69. The van der Waals surface area contributed by atoms with E-state index in [0.717, 1.165) is 6.71 Å². The Bertz CT molecular complexity index is 692. The molecule has 0 nitrogen and oxygen atoms in total. The zero-order chi connectivity index (χ0) is 21.1. The van der Waals surface area contributed by atoms with E-state index in [4.69, 9.17) is 0 Å². The molecule has 0 unspecified atom stereocenters. The van der Waals surface area contributed by atoms with Crippen LogP contribution in [0.1, 0.15) is 66.2 Å². The highest BCUT2D eigenvalue weighted by Gasteiger charge is 2.38. The number of unbranched alkanes of at least 4 members (excludes halogenated alkanes) is 3. The van der Waals surface area contributed by atoms with E-state index >= 15 is 0 Å². The lowest BCUT2D eigenvalue weighted by molar-refractivity contribution is 0.669. The standard InChI is InChI=1S/C27H41BSi/c1-6-10-11-18-23-27(26(7-2)28(8-3)9-4)29(5,24-19-14-12-15-20-24)25-21-16-13-17-22-25/h12-17,19-22H,6-11,18,23H2,1-5H3/b27-26-. The lowest BCUT2D eigenvalue weighted by atomic mass is 9.40. The maximum Gasteiger partial charge on any atom is 0.169 e. The lowest BCUT2D eigenvalue weighted by Crippen LogP contribution is -2.58. The molecule has 0 saturated heterocycles. The van der Waals surface area contributed by atoms with E-state index in [1.165, 1.54) is 51.2 Å². The zero-order valence-electron chi connectivity index (χ0n) is 19.5. The van der Waals surface area contributed by atoms with Crippen LogP contribution in [0, 0.1) is 0 Å². The van der Waals surface area contributed by atoms with Crippen LogP contribution < -0.4 is 10.4 Å². The number of hydrogen-bond acceptors (Lipinski definition) is 0. The highest BCUT2D eigenvalue weighted by atomic mass is 28.3. The van der Waals surface area contributed by atoms with Crippen LogP contribution in [0.2, 0.25) is 19.2 Å². The van der Waals surface area contributed by atoms with Gasteiger partial charge in [0, 0.05) is 0 Å². The molecule has 0 amide bonds. The summed E-state index contributed by atoms with van der Waals surface area (Å²) in [6, 6.07) is 22.8. The van der Waals surface area contributed by atoms with Crippen LogP contribution in [0.4, 0.5) is 0 Å². The van der Waals surface area contributed by atoms with Crippen molar-refractivity contribution in [1.82, 2.24) is 0 Å². The second kappa shape index (κ2) is 12.2. The Labute approximate surface area is 181 Å². The Kier molecular flexibility index (Phi) is 10.0. The maximum atomic E-state index is 2.62. The summed E-state index contributed by atoms with van der Waals surface area (Å²) >= 11 is 0. The zero-order valence-corrected chi connectivity index (χ0v) is 20.5. The molecule has 0 atom stereocenters. The van der Waals surface area contributed by atoms with E-state index in [9.17, 15) is 0 Å². The molecule has 2 aromatic carbocycles. The molecule has 0 aliphatic rings. The van der Waals surface area contributed by atoms with Gasteiger partial charge >= 0.3 is 0 Å². The highest BCUT2D eigenvalue weighted by molar-refractivity contribution is 7.07. The predicted molar refractivity (Wildman–Crippen MR) is 137 cm³/mol. The van der Waals surface area contributed by atoms with Gasteiger partial charge in [-0.05, 0) is 29.6 Å². The summed E-state index contributed by atoms with van der Waals surface area (Å²) in [4.78, 5) is 0. The monoisotopic (exact) mass is 404 g/mol. The lowest BCUT2D eigenvalue weighted by Gasteiger charge is -2.36. The summed E-state index contributed by atoms with van der Waals surface area (Å²) in [7, 11) is -1.99. The van der Waals surface area contributed by atoms with E-state index in [1.54, 1.807) is 15.8 Å². The molecule has 0 heterocycles. The normalized spacial score (nSPS) is 12.6. The van der Waals surface area contributed by atoms with Crippen LogP contribution in [0.3, 0.4) is 0 Å². The number of allylic oxidation sites excluding steroid dienone is 2. The van der Waals surface area contributed by atoms with Crippen molar-refractivity contribution in [3.8, 4) is 0 Å². The maximum absolute atomic E-state index is 2.62. The topological polar surface area (TPSA) is 0 Å². The van der Waals surface area contributed by atoms with Crippen molar-refractivity contribution in [1.29, 1.82) is 0 Å². The third kappa shape index (κ3) is 5.75. The predicted octanol–water partition coefficient (Wildman–Crippen LogP) is 7.17. The summed E-state index contributed by atoms with van der Waals surface area (Å²) in [5.74, 6) is 0. The molecule has 0 spiro atoms. The third-order valence-corrected chi connectivity index (χ3v) is 11.6. The molecule has 29 heavy (non-hydrogen) atoms. The Morgan fingerprint density at radius 2 is 1.24 bits per heavy atom. The molecule has 2 heteroatoms. The van der Waals surface area contributed by atoms with Crippen molar-refractivity contribution in [2.45, 2.75) is 85.4 Å². The minimum atomic E-state index is -1.99. The first-order valence-electron chi connectivity index (χ1n) is 12.0. The molecular formula is C27H41BSi. The molecule has 0 fully saturated rings. The fourth-order valence-corrected chi connectivity index (χ4v) is 9.50. The van der Waals surface area contributed by atoms with Crippen molar-refractivity contribution >= 4 is 25.2 Å². The van der Waals surface area contributed by atoms with Gasteiger partial charge in [0.25, 0.3) is 0 Å². The minimum Gasteiger partial charge on any atom is -0.105 e.